The second kappa shape index (κ2) is 6.45. The van der Waals surface area contributed by atoms with E-state index in [1.807, 2.05) is 24.4 Å². The maximum Gasteiger partial charge on any atom is 0.248 e. The van der Waals surface area contributed by atoms with Gasteiger partial charge in [0.25, 0.3) is 0 Å². The van der Waals surface area contributed by atoms with E-state index in [1.165, 1.54) is 4.88 Å². The molecule has 19 heavy (non-hydrogen) atoms. The summed E-state index contributed by atoms with van der Waals surface area (Å²) in [6.45, 7) is 3.60. The number of thiazole rings is 1. The van der Waals surface area contributed by atoms with Gasteiger partial charge in [0.2, 0.25) is 5.91 Å². The summed E-state index contributed by atoms with van der Waals surface area (Å²) in [7, 11) is 0. The summed E-state index contributed by atoms with van der Waals surface area (Å²) in [5.41, 5.74) is 6.85. The van der Waals surface area contributed by atoms with Crippen LogP contribution in [0.4, 0.5) is 0 Å². The first-order chi connectivity index (χ1) is 9.19. The summed E-state index contributed by atoms with van der Waals surface area (Å²) in [4.78, 5) is 16.6. The topological polar surface area (TPSA) is 68.0 Å². The Morgan fingerprint density at radius 1 is 1.42 bits per heavy atom. The van der Waals surface area contributed by atoms with E-state index < -0.39 is 5.91 Å². The number of carbonyl (C=O) groups is 1. The molecule has 1 heterocycles. The fourth-order valence-electron chi connectivity index (χ4n) is 1.76. The Balaban J connectivity index is 1.88. The molecular weight excluding hydrogens is 258 g/mol. The smallest absolute Gasteiger partial charge is 0.248 e. The summed E-state index contributed by atoms with van der Waals surface area (Å²) < 4.78 is 0. The van der Waals surface area contributed by atoms with Crippen LogP contribution >= 0.6 is 11.3 Å². The van der Waals surface area contributed by atoms with Gasteiger partial charge in [-0.25, -0.2) is 4.98 Å². The number of amides is 1. The molecule has 1 aromatic heterocycles. The molecule has 0 aliphatic rings. The van der Waals surface area contributed by atoms with Gasteiger partial charge in [-0.1, -0.05) is 19.1 Å². The number of carbonyl (C=O) groups excluding carboxylic acids is 1. The molecule has 1 amide bonds. The number of hydrogen-bond donors (Lipinski definition) is 2. The number of primary amides is 1. The number of aromatic nitrogens is 1. The van der Waals surface area contributed by atoms with Crippen molar-refractivity contribution in [1.29, 1.82) is 0 Å². The molecule has 5 heteroatoms. The zero-order valence-electron chi connectivity index (χ0n) is 10.8. The molecule has 0 bridgehead atoms. The number of nitrogens with zero attached hydrogens (tertiary/aromatic N) is 1. The van der Waals surface area contributed by atoms with Crippen molar-refractivity contribution < 1.29 is 4.79 Å². The molecule has 0 aliphatic carbocycles. The van der Waals surface area contributed by atoms with Crippen molar-refractivity contribution in [3.05, 3.63) is 51.5 Å². The molecule has 0 radical (unpaired) electrons. The van der Waals surface area contributed by atoms with Gasteiger partial charge in [0.05, 0.1) is 5.01 Å². The normalized spacial score (nSPS) is 10.6. The number of benzene rings is 1. The highest BCUT2D eigenvalue weighted by atomic mass is 32.1. The first kappa shape index (κ1) is 13.7. The number of rotatable bonds is 6. The predicted octanol–water partition coefficient (Wildman–Crippen LogP) is 2.09. The summed E-state index contributed by atoms with van der Waals surface area (Å²) in [5, 5.41) is 4.50. The van der Waals surface area contributed by atoms with Crippen molar-refractivity contribution in [1.82, 2.24) is 10.3 Å². The lowest BCUT2D eigenvalue weighted by Gasteiger charge is -2.04. The lowest BCUT2D eigenvalue weighted by atomic mass is 10.1. The van der Waals surface area contributed by atoms with Crippen LogP contribution in [-0.4, -0.2) is 10.9 Å². The average molecular weight is 275 g/mol. The van der Waals surface area contributed by atoms with Gasteiger partial charge in [0, 0.05) is 29.7 Å². The molecular formula is C14H17N3OS. The van der Waals surface area contributed by atoms with E-state index in [9.17, 15) is 4.79 Å². The Morgan fingerprint density at radius 3 is 2.95 bits per heavy atom. The van der Waals surface area contributed by atoms with E-state index in [-0.39, 0.29) is 0 Å². The van der Waals surface area contributed by atoms with Gasteiger partial charge in [-0.15, -0.1) is 11.3 Å². The lowest BCUT2D eigenvalue weighted by molar-refractivity contribution is 0.1000. The Bertz CT molecular complexity index is 565. The van der Waals surface area contributed by atoms with Crippen LogP contribution in [0.3, 0.4) is 0 Å². The number of nitrogens with two attached hydrogens (primary N) is 1. The standard InChI is InChI=1S/C14H17N3OS/c1-2-13-17-9-12(19-13)8-16-7-10-4-3-5-11(6-10)14(15)18/h3-6,9,16H,2,7-8H2,1H3,(H2,15,18). The summed E-state index contributed by atoms with van der Waals surface area (Å²) >= 11 is 1.73. The number of aryl methyl sites for hydroxylation is 1. The second-order valence-corrected chi connectivity index (χ2v) is 5.44. The second-order valence-electron chi connectivity index (χ2n) is 4.24. The van der Waals surface area contributed by atoms with Crippen LogP contribution in [0, 0.1) is 0 Å². The average Bonchev–Trinajstić information content (AvgIpc) is 2.87. The molecule has 0 atom stereocenters. The quantitative estimate of drug-likeness (QED) is 0.848. The Hall–Kier alpha value is -1.72. The first-order valence-corrected chi connectivity index (χ1v) is 7.03. The third-order valence-corrected chi connectivity index (χ3v) is 3.89. The largest absolute Gasteiger partial charge is 0.366 e. The van der Waals surface area contributed by atoms with Gasteiger partial charge in [0.15, 0.2) is 0 Å². The van der Waals surface area contributed by atoms with Crippen molar-refractivity contribution >= 4 is 17.2 Å². The minimum Gasteiger partial charge on any atom is -0.366 e. The van der Waals surface area contributed by atoms with Gasteiger partial charge >= 0.3 is 0 Å². The predicted molar refractivity (Wildman–Crippen MR) is 77.0 cm³/mol. The van der Waals surface area contributed by atoms with Crippen LogP contribution in [0.1, 0.15) is 32.7 Å². The Morgan fingerprint density at radius 2 is 2.26 bits per heavy atom. The molecule has 4 nitrogen and oxygen atoms in total. The van der Waals surface area contributed by atoms with Gasteiger partial charge < -0.3 is 11.1 Å². The summed E-state index contributed by atoms with van der Waals surface area (Å²) in [6, 6.07) is 7.37. The van der Waals surface area contributed by atoms with Crippen molar-refractivity contribution in [3.63, 3.8) is 0 Å². The van der Waals surface area contributed by atoms with Crippen LogP contribution < -0.4 is 11.1 Å². The van der Waals surface area contributed by atoms with E-state index in [1.54, 1.807) is 17.4 Å². The molecule has 2 rings (SSSR count). The fraction of sp³-hybridized carbons (Fsp3) is 0.286. The Labute approximate surface area is 116 Å². The molecule has 0 saturated heterocycles. The zero-order chi connectivity index (χ0) is 13.7. The van der Waals surface area contributed by atoms with Crippen molar-refractivity contribution in [2.45, 2.75) is 26.4 Å². The van der Waals surface area contributed by atoms with Gasteiger partial charge in [-0.3, -0.25) is 4.79 Å². The SMILES string of the molecule is CCc1ncc(CNCc2cccc(C(N)=O)c2)s1. The van der Waals surface area contributed by atoms with Crippen LogP contribution in [0.2, 0.25) is 0 Å². The number of nitrogens with one attached hydrogen (secondary N) is 1. The molecule has 100 valence electrons. The lowest BCUT2D eigenvalue weighted by Crippen LogP contribution is -2.14. The minimum atomic E-state index is -0.392. The van der Waals surface area contributed by atoms with Crippen LogP contribution in [0.25, 0.3) is 0 Å². The highest BCUT2D eigenvalue weighted by Gasteiger charge is 2.02. The van der Waals surface area contributed by atoms with Gasteiger partial charge in [-0.2, -0.15) is 0 Å². The third kappa shape index (κ3) is 3.87. The molecule has 0 fully saturated rings. The van der Waals surface area contributed by atoms with E-state index in [0.717, 1.165) is 23.5 Å². The summed E-state index contributed by atoms with van der Waals surface area (Å²) in [6.07, 6.45) is 2.89. The van der Waals surface area contributed by atoms with Gasteiger partial charge in [0.1, 0.15) is 0 Å². The van der Waals surface area contributed by atoms with Crippen molar-refractivity contribution in [2.24, 2.45) is 5.73 Å². The van der Waals surface area contributed by atoms with Gasteiger partial charge in [-0.05, 0) is 24.1 Å². The van der Waals surface area contributed by atoms with Crippen LogP contribution in [0.15, 0.2) is 30.5 Å². The minimum absolute atomic E-state index is 0.392. The van der Waals surface area contributed by atoms with E-state index in [4.69, 9.17) is 5.73 Å². The molecule has 3 N–H and O–H groups in total. The molecule has 2 aromatic rings. The maximum absolute atomic E-state index is 11.1. The number of hydrogen-bond acceptors (Lipinski definition) is 4. The molecule has 0 saturated carbocycles. The highest BCUT2D eigenvalue weighted by molar-refractivity contribution is 7.11. The van der Waals surface area contributed by atoms with Crippen molar-refractivity contribution in [2.75, 3.05) is 0 Å². The van der Waals surface area contributed by atoms with Crippen molar-refractivity contribution in [3.8, 4) is 0 Å². The van der Waals surface area contributed by atoms with Crippen LogP contribution in [-0.2, 0) is 19.5 Å². The zero-order valence-corrected chi connectivity index (χ0v) is 11.7. The summed E-state index contributed by atoms with van der Waals surface area (Å²) in [5.74, 6) is -0.392. The molecule has 0 spiro atoms. The van der Waals surface area contributed by atoms with E-state index in [2.05, 4.69) is 17.2 Å². The molecule has 0 unspecified atom stereocenters. The highest BCUT2D eigenvalue weighted by Crippen LogP contribution is 2.13. The third-order valence-electron chi connectivity index (χ3n) is 2.74. The molecule has 0 aliphatic heterocycles. The fourth-order valence-corrected chi connectivity index (χ4v) is 2.59. The maximum atomic E-state index is 11.1. The molecule has 1 aromatic carbocycles. The van der Waals surface area contributed by atoms with E-state index in [0.29, 0.717) is 12.1 Å². The van der Waals surface area contributed by atoms with E-state index >= 15 is 0 Å². The monoisotopic (exact) mass is 275 g/mol. The Kier molecular flexibility index (Phi) is 4.65. The first-order valence-electron chi connectivity index (χ1n) is 6.22. The van der Waals surface area contributed by atoms with Crippen LogP contribution in [0.5, 0.6) is 0 Å².